The van der Waals surface area contributed by atoms with Crippen LogP contribution in [-0.4, -0.2) is 34.7 Å². The van der Waals surface area contributed by atoms with Crippen molar-refractivity contribution in [3.63, 3.8) is 0 Å². The second-order valence-corrected chi connectivity index (χ2v) is 2.79. The quantitative estimate of drug-likeness (QED) is 0.341. The fraction of sp³-hybridized carbons (Fsp3) is 0.714. The molecular weight excluding hydrogens is 208 g/mol. The number of rotatable bonds is 7. The monoisotopic (exact) mass is 220 g/mol. The minimum absolute atomic E-state index is 0.00847. The highest BCUT2D eigenvalue weighted by molar-refractivity contribution is 5.83. The number of hydrogen-bond acceptors (Lipinski definition) is 5. The van der Waals surface area contributed by atoms with E-state index in [0.717, 1.165) is 0 Å². The van der Waals surface area contributed by atoms with Crippen molar-refractivity contribution in [1.29, 1.82) is 0 Å². The number of amides is 1. The van der Waals surface area contributed by atoms with E-state index in [2.05, 4.69) is 10.2 Å². The van der Waals surface area contributed by atoms with Crippen molar-refractivity contribution in [2.24, 2.45) is 0 Å². The number of carboxylic acid groups (broad SMARTS) is 1. The number of hydrogen-bond donors (Lipinski definition) is 2. The molecule has 2 N–H and O–H groups in total. The first kappa shape index (κ1) is 13.1. The average molecular weight is 220 g/mol. The maximum atomic E-state index is 11.0. The normalized spacial score (nSPS) is 11.5. The van der Waals surface area contributed by atoms with Crippen LogP contribution in [0.15, 0.2) is 0 Å². The van der Waals surface area contributed by atoms with Crippen LogP contribution in [0.5, 0.6) is 0 Å². The predicted molar refractivity (Wildman–Crippen MR) is 47.4 cm³/mol. The number of carbonyl (C=O) groups excluding carboxylic acids is 1. The van der Waals surface area contributed by atoms with E-state index in [4.69, 9.17) is 5.11 Å². The molecule has 0 saturated heterocycles. The molecule has 1 amide bonds. The molecule has 0 heterocycles. The van der Waals surface area contributed by atoms with Gasteiger partial charge >= 0.3 is 5.97 Å². The van der Waals surface area contributed by atoms with Gasteiger partial charge in [-0.1, -0.05) is 0 Å². The summed E-state index contributed by atoms with van der Waals surface area (Å²) in [7, 11) is 0. The van der Waals surface area contributed by atoms with Crippen LogP contribution in [-0.2, 0) is 14.4 Å². The molecule has 8 nitrogen and oxygen atoms in total. The van der Waals surface area contributed by atoms with Crippen molar-refractivity contribution in [2.45, 2.75) is 25.8 Å². The summed E-state index contributed by atoms with van der Waals surface area (Å²) >= 11 is 0. The van der Waals surface area contributed by atoms with Gasteiger partial charge in [0.1, 0.15) is 6.04 Å². The maximum Gasteiger partial charge on any atom is 0.325 e. The fourth-order valence-corrected chi connectivity index (χ4v) is 0.747. The molecule has 0 bridgehead atoms. The zero-order valence-corrected chi connectivity index (χ0v) is 8.13. The molecule has 0 aromatic rings. The Kier molecular flexibility index (Phi) is 5.76. The lowest BCUT2D eigenvalue weighted by atomic mass is 10.2. The molecule has 0 aliphatic rings. The van der Waals surface area contributed by atoms with E-state index in [9.17, 15) is 19.7 Å². The third kappa shape index (κ3) is 7.23. The van der Waals surface area contributed by atoms with Crippen molar-refractivity contribution in [2.75, 3.05) is 6.61 Å². The Morgan fingerprint density at radius 2 is 2.20 bits per heavy atom. The minimum atomic E-state index is -1.13. The van der Waals surface area contributed by atoms with Gasteiger partial charge in [-0.25, -0.2) is 0 Å². The summed E-state index contributed by atoms with van der Waals surface area (Å²) in [5, 5.41) is 19.4. The fourth-order valence-electron chi connectivity index (χ4n) is 0.747. The first-order valence-corrected chi connectivity index (χ1v) is 4.23. The van der Waals surface area contributed by atoms with Crippen LogP contribution in [0, 0.1) is 10.1 Å². The molecule has 0 saturated carbocycles. The van der Waals surface area contributed by atoms with E-state index < -0.39 is 23.0 Å². The zero-order chi connectivity index (χ0) is 11.8. The molecule has 0 fully saturated rings. The topological polar surface area (TPSA) is 119 Å². The highest BCUT2D eigenvalue weighted by Gasteiger charge is 2.13. The van der Waals surface area contributed by atoms with Gasteiger partial charge in [-0.15, -0.1) is 10.1 Å². The lowest BCUT2D eigenvalue weighted by Gasteiger charge is -2.08. The molecule has 0 aromatic heterocycles. The second kappa shape index (κ2) is 6.57. The molecule has 0 radical (unpaired) electrons. The van der Waals surface area contributed by atoms with Crippen molar-refractivity contribution in [3.8, 4) is 0 Å². The molecule has 1 atom stereocenters. The van der Waals surface area contributed by atoms with Gasteiger partial charge in [0.15, 0.2) is 0 Å². The van der Waals surface area contributed by atoms with Gasteiger partial charge < -0.3 is 15.3 Å². The van der Waals surface area contributed by atoms with Crippen LogP contribution >= 0.6 is 0 Å². The lowest BCUT2D eigenvalue weighted by Crippen LogP contribution is -2.38. The Balaban J connectivity index is 3.58. The summed E-state index contributed by atoms with van der Waals surface area (Å²) in [6, 6.07) is -0.964. The van der Waals surface area contributed by atoms with E-state index >= 15 is 0 Å². The third-order valence-electron chi connectivity index (χ3n) is 1.49. The van der Waals surface area contributed by atoms with E-state index in [-0.39, 0.29) is 19.4 Å². The molecule has 0 rings (SSSR count). The van der Waals surface area contributed by atoms with Gasteiger partial charge in [-0.2, -0.15) is 0 Å². The minimum Gasteiger partial charge on any atom is -0.480 e. The Bertz CT molecular complexity index is 254. The molecule has 86 valence electrons. The Hall–Kier alpha value is -1.86. The van der Waals surface area contributed by atoms with Crippen molar-refractivity contribution in [1.82, 2.24) is 5.32 Å². The van der Waals surface area contributed by atoms with E-state index in [0.29, 0.717) is 0 Å². The van der Waals surface area contributed by atoms with Crippen molar-refractivity contribution in [3.05, 3.63) is 10.1 Å². The summed E-state index contributed by atoms with van der Waals surface area (Å²) < 4.78 is 0. The maximum absolute atomic E-state index is 11.0. The van der Waals surface area contributed by atoms with Crippen LogP contribution in [0.25, 0.3) is 0 Å². The van der Waals surface area contributed by atoms with Gasteiger partial charge in [0.05, 0.1) is 6.61 Å². The van der Waals surface area contributed by atoms with E-state index in [1.807, 2.05) is 0 Å². The Morgan fingerprint density at radius 1 is 1.60 bits per heavy atom. The summed E-state index contributed by atoms with van der Waals surface area (Å²) in [6.45, 7) is 1.15. The number of carbonyl (C=O) groups is 2. The first-order chi connectivity index (χ1) is 6.93. The van der Waals surface area contributed by atoms with Crippen molar-refractivity contribution >= 4 is 11.9 Å². The van der Waals surface area contributed by atoms with Gasteiger partial charge in [0.2, 0.25) is 5.91 Å². The summed E-state index contributed by atoms with van der Waals surface area (Å²) in [6.07, 6.45) is 0.157. The summed E-state index contributed by atoms with van der Waals surface area (Å²) in [5.41, 5.74) is 0. The van der Waals surface area contributed by atoms with Crippen LogP contribution < -0.4 is 5.32 Å². The molecule has 0 spiro atoms. The smallest absolute Gasteiger partial charge is 0.325 e. The highest BCUT2D eigenvalue weighted by Crippen LogP contribution is 1.92. The number of nitrogens with zero attached hydrogens (tertiary/aromatic N) is 1. The third-order valence-corrected chi connectivity index (χ3v) is 1.49. The van der Waals surface area contributed by atoms with Crippen molar-refractivity contribution < 1.29 is 24.6 Å². The van der Waals surface area contributed by atoms with Crippen LogP contribution in [0.1, 0.15) is 19.8 Å². The van der Waals surface area contributed by atoms with Gasteiger partial charge in [-0.3, -0.25) is 9.59 Å². The van der Waals surface area contributed by atoms with Crippen LogP contribution in [0.2, 0.25) is 0 Å². The molecular formula is C7H12N2O6. The highest BCUT2D eigenvalue weighted by atomic mass is 16.9. The molecule has 0 aromatic carbocycles. The first-order valence-electron chi connectivity index (χ1n) is 4.23. The van der Waals surface area contributed by atoms with Gasteiger partial charge in [0, 0.05) is 6.42 Å². The lowest BCUT2D eigenvalue weighted by molar-refractivity contribution is -0.757. The number of aliphatic carboxylic acids is 1. The molecule has 15 heavy (non-hydrogen) atoms. The Morgan fingerprint density at radius 3 is 2.67 bits per heavy atom. The standard InChI is InChI=1S/C7H12N2O6/c1-5(7(11)12)8-6(10)3-2-4-15-9(13)14/h5H,2-4H2,1H3,(H,8,10)(H,11,12). The van der Waals surface area contributed by atoms with Gasteiger partial charge in [-0.05, 0) is 13.3 Å². The SMILES string of the molecule is CC(NC(=O)CCCO[N+](=O)[O-])C(=O)O. The summed E-state index contributed by atoms with van der Waals surface area (Å²) in [4.78, 5) is 35.0. The molecule has 0 aliphatic heterocycles. The van der Waals surface area contributed by atoms with Crippen LogP contribution in [0.3, 0.4) is 0 Å². The number of nitrogens with one attached hydrogen (secondary N) is 1. The second-order valence-electron chi connectivity index (χ2n) is 2.79. The largest absolute Gasteiger partial charge is 0.480 e. The van der Waals surface area contributed by atoms with Gasteiger partial charge in [0.25, 0.3) is 5.09 Å². The molecule has 8 heteroatoms. The average Bonchev–Trinajstić information content (AvgIpc) is 2.12. The molecule has 1 unspecified atom stereocenters. The van der Waals surface area contributed by atoms with E-state index in [1.165, 1.54) is 6.92 Å². The zero-order valence-electron chi connectivity index (χ0n) is 8.13. The number of carboxylic acids is 1. The predicted octanol–water partition coefficient (Wildman–Crippen LogP) is -0.436. The molecule has 0 aliphatic carbocycles. The van der Waals surface area contributed by atoms with E-state index in [1.54, 1.807) is 0 Å². The summed E-state index contributed by atoms with van der Waals surface area (Å²) in [5.74, 6) is -1.61. The van der Waals surface area contributed by atoms with Crippen LogP contribution in [0.4, 0.5) is 0 Å². The Labute approximate surface area is 85.3 Å².